The van der Waals surface area contributed by atoms with E-state index < -0.39 is 17.4 Å². The number of nitrogens with two attached hydrogens (primary N) is 2. The molecule has 0 atom stereocenters. The molecule has 0 heterocycles. The van der Waals surface area contributed by atoms with E-state index in [0.29, 0.717) is 0 Å². The van der Waals surface area contributed by atoms with Crippen molar-refractivity contribution in [2.24, 2.45) is 11.5 Å². The molecule has 0 radical (unpaired) electrons. The highest BCUT2D eigenvalue weighted by molar-refractivity contribution is 7.80. The maximum Gasteiger partial charge on any atom is 0.447 e. The Morgan fingerprint density at radius 3 is 2.17 bits per heavy atom. The highest BCUT2D eigenvalue weighted by Gasteiger charge is 2.02. The predicted molar refractivity (Wildman–Crippen MR) is 38.2 cm³/mol. The Balaban J connectivity index is 3.47. The smallest absolute Gasteiger partial charge is 0.333 e. The van der Waals surface area contributed by atoms with Crippen molar-refractivity contribution in [3.05, 3.63) is 0 Å². The van der Waals surface area contributed by atoms with Gasteiger partial charge in [-0.3, -0.25) is 4.89 Å². The number of nitrogens with one attached hydrogen (secondary N) is 1. The third-order valence-corrected chi connectivity index (χ3v) is 0.586. The van der Waals surface area contributed by atoms with Crippen molar-refractivity contribution in [3.8, 4) is 0 Å². The highest BCUT2D eigenvalue weighted by Crippen LogP contribution is 1.81. The van der Waals surface area contributed by atoms with Crippen molar-refractivity contribution >= 4 is 29.6 Å². The summed E-state index contributed by atoms with van der Waals surface area (Å²) in [6.45, 7) is 0. The van der Waals surface area contributed by atoms with Gasteiger partial charge >= 0.3 is 17.4 Å². The van der Waals surface area contributed by atoms with Crippen molar-refractivity contribution in [1.29, 1.82) is 0 Å². The van der Waals surface area contributed by atoms with E-state index in [0.717, 1.165) is 0 Å². The van der Waals surface area contributed by atoms with Gasteiger partial charge in [0.2, 0.25) is 0 Å². The van der Waals surface area contributed by atoms with E-state index in [9.17, 15) is 9.59 Å². The van der Waals surface area contributed by atoms with E-state index in [2.05, 4.69) is 38.3 Å². The van der Waals surface area contributed by atoms with Crippen LogP contribution in [0.1, 0.15) is 0 Å². The van der Waals surface area contributed by atoms with Gasteiger partial charge in [-0.25, -0.2) is 14.5 Å². The van der Waals surface area contributed by atoms with Crippen molar-refractivity contribution in [1.82, 2.24) is 5.48 Å². The highest BCUT2D eigenvalue weighted by atomic mass is 32.1. The molecule has 2 amide bonds. The average Bonchev–Trinajstić information content (AvgIpc) is 1.96. The molecule has 0 saturated heterocycles. The Morgan fingerprint density at radius 1 is 1.17 bits per heavy atom. The normalized spacial score (nSPS) is 8.00. The second-order valence-corrected chi connectivity index (χ2v) is 1.67. The van der Waals surface area contributed by atoms with Gasteiger partial charge < -0.3 is 16.3 Å². The lowest BCUT2D eigenvalue weighted by Crippen LogP contribution is -2.31. The van der Waals surface area contributed by atoms with Crippen molar-refractivity contribution in [2.45, 2.75) is 0 Å². The number of hydrogen-bond donors (Lipinski definition) is 3. The first-order chi connectivity index (χ1) is 5.52. The topological polar surface area (TPSA) is 126 Å². The summed E-state index contributed by atoms with van der Waals surface area (Å²) < 4.78 is 0. The number of amides is 2. The molecule has 0 bridgehead atoms. The fourth-order valence-electron chi connectivity index (χ4n) is 0.188. The quantitative estimate of drug-likeness (QED) is 0.254. The van der Waals surface area contributed by atoms with Crippen LogP contribution >= 0.6 is 12.2 Å². The average molecular weight is 195 g/mol. The van der Waals surface area contributed by atoms with Gasteiger partial charge in [-0.05, 0) is 12.2 Å². The Labute approximate surface area is 71.6 Å². The van der Waals surface area contributed by atoms with Gasteiger partial charge in [0, 0.05) is 0 Å². The Hall–Kier alpha value is -1.77. The molecule has 0 unspecified atom stereocenters. The molecule has 0 rings (SSSR count). The first-order valence-electron chi connectivity index (χ1n) is 2.42. The van der Waals surface area contributed by atoms with Crippen LogP contribution in [0, 0.1) is 0 Å². The predicted octanol–water partition coefficient (Wildman–Crippen LogP) is -1.10. The minimum Gasteiger partial charge on any atom is -0.333 e. The Kier molecular flexibility index (Phi) is 4.23. The fourth-order valence-corrected chi connectivity index (χ4v) is 0.264. The molecule has 12 heavy (non-hydrogen) atoms. The first kappa shape index (κ1) is 10.2. The molecule has 0 aromatic rings. The minimum absolute atomic E-state index is 0.521. The van der Waals surface area contributed by atoms with E-state index in [1.807, 2.05) is 0 Å². The minimum atomic E-state index is -1.20. The lowest BCUT2D eigenvalue weighted by Gasteiger charge is -2.03. The maximum atomic E-state index is 9.93. The van der Waals surface area contributed by atoms with E-state index in [1.54, 1.807) is 5.48 Å². The van der Waals surface area contributed by atoms with Gasteiger partial charge in [0.05, 0.1) is 0 Å². The summed E-state index contributed by atoms with van der Waals surface area (Å²) in [6, 6.07) is 0. The lowest BCUT2D eigenvalue weighted by molar-refractivity contribution is -0.160. The molecule has 8 nitrogen and oxygen atoms in total. The summed E-state index contributed by atoms with van der Waals surface area (Å²) in [7, 11) is 0. The zero-order valence-electron chi connectivity index (χ0n) is 5.60. The number of rotatable bonds is 0. The molecule has 0 aromatic heterocycles. The first-order valence-corrected chi connectivity index (χ1v) is 2.83. The van der Waals surface area contributed by atoms with E-state index in [1.165, 1.54) is 0 Å². The number of hydrogen-bond acceptors (Lipinski definition) is 6. The molecule has 68 valence electrons. The molecule has 0 spiro atoms. The standard InChI is InChI=1S/C3H5N3O5S/c4-1(7)9-6-3(12)11-10-2(5)8/h(H2,4,7)(H2,5,8)(H,6,12). The molecule has 0 aromatic carbocycles. The second-order valence-electron chi connectivity index (χ2n) is 1.30. The van der Waals surface area contributed by atoms with Crippen LogP contribution in [0.5, 0.6) is 0 Å². The van der Waals surface area contributed by atoms with E-state index in [-0.39, 0.29) is 0 Å². The molecule has 0 fully saturated rings. The van der Waals surface area contributed by atoms with E-state index >= 15 is 0 Å². The second kappa shape index (κ2) is 4.96. The molecule has 0 aliphatic heterocycles. The number of carbonyl (C=O) groups excluding carboxylic acids is 2. The van der Waals surface area contributed by atoms with E-state index in [4.69, 9.17) is 0 Å². The summed E-state index contributed by atoms with van der Waals surface area (Å²) in [5.41, 5.74) is 10.8. The van der Waals surface area contributed by atoms with Gasteiger partial charge in [-0.1, -0.05) is 0 Å². The summed E-state index contributed by atoms with van der Waals surface area (Å²) in [4.78, 5) is 31.5. The van der Waals surface area contributed by atoms with Crippen molar-refractivity contribution in [3.63, 3.8) is 0 Å². The van der Waals surface area contributed by atoms with Crippen LogP contribution in [0.2, 0.25) is 0 Å². The van der Waals surface area contributed by atoms with Gasteiger partial charge in [0.15, 0.2) is 0 Å². The van der Waals surface area contributed by atoms with Crippen LogP contribution in [-0.2, 0) is 14.6 Å². The van der Waals surface area contributed by atoms with Crippen LogP contribution in [0.4, 0.5) is 9.59 Å². The van der Waals surface area contributed by atoms with Gasteiger partial charge in [0.1, 0.15) is 0 Å². The number of hydroxylamine groups is 1. The molecule has 0 aliphatic carbocycles. The zero-order valence-corrected chi connectivity index (χ0v) is 6.42. The SMILES string of the molecule is NC(=O)ONC(=S)OOC(N)=O. The molecular formula is C3H5N3O5S. The third kappa shape index (κ3) is 6.35. The fraction of sp³-hybridized carbons (Fsp3) is 0. The van der Waals surface area contributed by atoms with Crippen LogP contribution in [-0.4, -0.2) is 17.4 Å². The zero-order chi connectivity index (χ0) is 9.56. The molecule has 9 heteroatoms. The van der Waals surface area contributed by atoms with Gasteiger partial charge in [-0.2, -0.15) is 5.48 Å². The Morgan fingerprint density at radius 2 is 1.75 bits per heavy atom. The Bertz CT molecular complexity index is 186. The van der Waals surface area contributed by atoms with Crippen LogP contribution in [0.25, 0.3) is 0 Å². The summed E-state index contributed by atoms with van der Waals surface area (Å²) in [5.74, 6) is 0. The summed E-state index contributed by atoms with van der Waals surface area (Å²) in [5, 5.41) is -0.521. The summed E-state index contributed by atoms with van der Waals surface area (Å²) >= 11 is 4.29. The maximum absolute atomic E-state index is 9.93. The molecular weight excluding hydrogens is 190 g/mol. The van der Waals surface area contributed by atoms with Gasteiger partial charge in [0.25, 0.3) is 0 Å². The number of thiocarbonyl (C=S) groups is 1. The van der Waals surface area contributed by atoms with Gasteiger partial charge in [-0.15, -0.1) is 0 Å². The monoisotopic (exact) mass is 195 g/mol. The van der Waals surface area contributed by atoms with Crippen LogP contribution < -0.4 is 16.9 Å². The van der Waals surface area contributed by atoms with Crippen LogP contribution in [0.3, 0.4) is 0 Å². The number of primary amides is 2. The molecule has 0 aliphatic rings. The summed E-state index contributed by atoms with van der Waals surface area (Å²) in [6.07, 6.45) is -2.32. The van der Waals surface area contributed by atoms with Crippen molar-refractivity contribution < 1.29 is 24.2 Å². The number of carbonyl (C=O) groups is 2. The third-order valence-electron chi connectivity index (χ3n) is 0.434. The van der Waals surface area contributed by atoms with Crippen LogP contribution in [0.15, 0.2) is 0 Å². The largest absolute Gasteiger partial charge is 0.447 e. The lowest BCUT2D eigenvalue weighted by atomic mass is 11.2. The van der Waals surface area contributed by atoms with Crippen molar-refractivity contribution in [2.75, 3.05) is 0 Å². The molecule has 0 saturated carbocycles. The molecule has 5 N–H and O–H groups in total.